The summed E-state index contributed by atoms with van der Waals surface area (Å²) >= 11 is 18.2. The topological polar surface area (TPSA) is 96.0 Å². The number of benzene rings is 4. The smallest absolute Gasteiger partial charge is 0.343 e. The molecule has 210 valence electrons. The molecule has 1 aliphatic heterocycles. The van der Waals surface area contributed by atoms with Crippen molar-refractivity contribution in [2.75, 3.05) is 21.7 Å². The number of para-hydroxylation sites is 2. The molecule has 8 nitrogen and oxygen atoms in total. The second-order valence-electron chi connectivity index (χ2n) is 8.94. The minimum absolute atomic E-state index is 0.172. The van der Waals surface area contributed by atoms with Gasteiger partial charge in [-0.1, -0.05) is 71.2 Å². The molecule has 1 saturated heterocycles. The highest BCUT2D eigenvalue weighted by molar-refractivity contribution is 6.46. The molecule has 0 radical (unpaired) electrons. The molecule has 42 heavy (non-hydrogen) atoms. The maximum atomic E-state index is 13.7. The molecule has 0 unspecified atom stereocenters. The quantitative estimate of drug-likeness (QED) is 0.173. The minimum Gasteiger partial charge on any atom is -0.483 e. The molecule has 0 saturated carbocycles. The van der Waals surface area contributed by atoms with Gasteiger partial charge in [0.15, 0.2) is 6.61 Å². The number of carbonyl (C=O) groups excluding carboxylic acids is 4. The largest absolute Gasteiger partial charge is 0.483 e. The van der Waals surface area contributed by atoms with E-state index < -0.39 is 30.4 Å². The lowest BCUT2D eigenvalue weighted by molar-refractivity contribution is -0.121. The minimum atomic E-state index is -0.827. The number of urea groups is 1. The number of rotatable bonds is 7. The van der Waals surface area contributed by atoms with Crippen molar-refractivity contribution in [2.24, 2.45) is 0 Å². The third-order valence-electron chi connectivity index (χ3n) is 6.11. The number of hydrogen-bond acceptors (Lipinski definition) is 5. The van der Waals surface area contributed by atoms with Gasteiger partial charge in [-0.3, -0.25) is 14.4 Å². The Balaban J connectivity index is 1.48. The second-order valence-corrected chi connectivity index (χ2v) is 10.2. The number of ether oxygens (including phenoxy) is 1. The van der Waals surface area contributed by atoms with E-state index >= 15 is 0 Å². The maximum Gasteiger partial charge on any atom is 0.343 e. The molecular formula is C31H20Cl3N3O5. The molecule has 5 amide bonds. The predicted octanol–water partition coefficient (Wildman–Crippen LogP) is 7.25. The van der Waals surface area contributed by atoms with Crippen LogP contribution in [0.3, 0.4) is 0 Å². The molecular weight excluding hydrogens is 601 g/mol. The van der Waals surface area contributed by atoms with Crippen LogP contribution in [-0.4, -0.2) is 30.4 Å². The number of carbonyl (C=O) groups is 4. The molecule has 0 spiro atoms. The van der Waals surface area contributed by atoms with Gasteiger partial charge in [-0.15, -0.1) is 0 Å². The number of amides is 5. The van der Waals surface area contributed by atoms with Crippen LogP contribution in [0.15, 0.2) is 103 Å². The number of hydrogen-bond donors (Lipinski definition) is 1. The highest BCUT2D eigenvalue weighted by atomic mass is 35.5. The molecule has 1 aliphatic rings. The van der Waals surface area contributed by atoms with E-state index in [2.05, 4.69) is 5.32 Å². The van der Waals surface area contributed by atoms with Gasteiger partial charge in [-0.05, 0) is 66.7 Å². The fourth-order valence-corrected chi connectivity index (χ4v) is 4.65. The number of halogens is 3. The first-order chi connectivity index (χ1) is 20.2. The van der Waals surface area contributed by atoms with Crippen molar-refractivity contribution in [3.05, 3.63) is 123 Å². The average Bonchev–Trinajstić information content (AvgIpc) is 2.98. The Morgan fingerprint density at radius 2 is 1.33 bits per heavy atom. The molecule has 1 N–H and O–H groups in total. The summed E-state index contributed by atoms with van der Waals surface area (Å²) in [6.07, 6.45) is 1.29. The molecule has 4 aromatic carbocycles. The van der Waals surface area contributed by atoms with E-state index in [-0.39, 0.29) is 33.3 Å². The molecule has 5 rings (SSSR count). The summed E-state index contributed by atoms with van der Waals surface area (Å²) in [5, 5.41) is 3.56. The highest BCUT2D eigenvalue weighted by Crippen LogP contribution is 2.32. The first-order valence-corrected chi connectivity index (χ1v) is 13.6. The van der Waals surface area contributed by atoms with E-state index in [9.17, 15) is 19.2 Å². The molecule has 0 aromatic heterocycles. The Kier molecular flexibility index (Phi) is 8.59. The SMILES string of the molecule is O=C(COc1ccc(Cl)cc1C=C1C(=O)N(c2ccccc2)C(=O)N(c2ccccc2)C1=O)Nc1ccc(Cl)c(Cl)c1. The summed E-state index contributed by atoms with van der Waals surface area (Å²) in [7, 11) is 0. The summed E-state index contributed by atoms with van der Waals surface area (Å²) in [5.41, 5.74) is 0.926. The van der Waals surface area contributed by atoms with Crippen molar-refractivity contribution in [1.82, 2.24) is 0 Å². The van der Waals surface area contributed by atoms with Crippen LogP contribution in [0.1, 0.15) is 5.56 Å². The van der Waals surface area contributed by atoms with E-state index in [4.69, 9.17) is 39.5 Å². The van der Waals surface area contributed by atoms with Gasteiger partial charge < -0.3 is 10.1 Å². The van der Waals surface area contributed by atoms with Gasteiger partial charge in [0.05, 0.1) is 21.4 Å². The molecule has 11 heteroatoms. The fraction of sp³-hybridized carbons (Fsp3) is 0.0323. The fourth-order valence-electron chi connectivity index (χ4n) is 4.17. The third kappa shape index (κ3) is 6.16. The number of anilines is 3. The van der Waals surface area contributed by atoms with Crippen LogP contribution >= 0.6 is 34.8 Å². The molecule has 0 aliphatic carbocycles. The van der Waals surface area contributed by atoms with Crippen LogP contribution in [0, 0.1) is 0 Å². The Hall–Kier alpha value is -4.63. The zero-order valence-corrected chi connectivity index (χ0v) is 23.9. The first kappa shape index (κ1) is 28.9. The van der Waals surface area contributed by atoms with E-state index in [1.165, 1.54) is 30.3 Å². The van der Waals surface area contributed by atoms with Crippen LogP contribution in [0.4, 0.5) is 21.9 Å². The number of imide groups is 2. The van der Waals surface area contributed by atoms with Crippen molar-refractivity contribution in [1.29, 1.82) is 0 Å². The van der Waals surface area contributed by atoms with Gasteiger partial charge in [0.25, 0.3) is 17.7 Å². The van der Waals surface area contributed by atoms with Crippen molar-refractivity contribution in [3.63, 3.8) is 0 Å². The lowest BCUT2D eigenvalue weighted by Gasteiger charge is -2.34. The Morgan fingerprint density at radius 3 is 1.90 bits per heavy atom. The van der Waals surface area contributed by atoms with Gasteiger partial charge in [0, 0.05) is 16.3 Å². The Morgan fingerprint density at radius 1 is 0.738 bits per heavy atom. The summed E-state index contributed by atoms with van der Waals surface area (Å²) in [4.78, 5) is 55.3. The highest BCUT2D eigenvalue weighted by Gasteiger charge is 2.43. The van der Waals surface area contributed by atoms with Gasteiger partial charge in [0.1, 0.15) is 11.3 Å². The number of barbiturate groups is 1. The number of nitrogens with one attached hydrogen (secondary N) is 1. The summed E-state index contributed by atoms with van der Waals surface area (Å²) in [6, 6.07) is 24.9. The number of nitrogens with zero attached hydrogens (tertiary/aromatic N) is 2. The van der Waals surface area contributed by atoms with Crippen LogP contribution in [0.2, 0.25) is 15.1 Å². The van der Waals surface area contributed by atoms with Crippen LogP contribution in [0.25, 0.3) is 6.08 Å². The van der Waals surface area contributed by atoms with E-state index in [0.717, 1.165) is 9.80 Å². The van der Waals surface area contributed by atoms with Crippen LogP contribution in [-0.2, 0) is 14.4 Å². The van der Waals surface area contributed by atoms with Gasteiger partial charge in [-0.25, -0.2) is 14.6 Å². The zero-order chi connectivity index (χ0) is 29.8. The third-order valence-corrected chi connectivity index (χ3v) is 7.09. The predicted molar refractivity (Wildman–Crippen MR) is 163 cm³/mol. The average molecular weight is 621 g/mol. The van der Waals surface area contributed by atoms with Gasteiger partial charge in [-0.2, -0.15) is 0 Å². The molecule has 0 bridgehead atoms. The van der Waals surface area contributed by atoms with Crippen LogP contribution in [0.5, 0.6) is 5.75 Å². The van der Waals surface area contributed by atoms with Gasteiger partial charge in [0.2, 0.25) is 0 Å². The molecule has 1 fully saturated rings. The van der Waals surface area contributed by atoms with E-state index in [0.29, 0.717) is 15.7 Å². The molecule has 1 heterocycles. The summed E-state index contributed by atoms with van der Waals surface area (Å²) < 4.78 is 5.75. The van der Waals surface area contributed by atoms with Crippen molar-refractivity contribution in [2.45, 2.75) is 0 Å². The lowest BCUT2D eigenvalue weighted by atomic mass is 10.0. The Labute approximate surface area is 255 Å². The first-order valence-electron chi connectivity index (χ1n) is 12.4. The summed E-state index contributed by atoms with van der Waals surface area (Å²) in [5.74, 6) is -1.98. The van der Waals surface area contributed by atoms with E-state index in [1.54, 1.807) is 72.8 Å². The second kappa shape index (κ2) is 12.5. The van der Waals surface area contributed by atoms with E-state index in [1.807, 2.05) is 0 Å². The lowest BCUT2D eigenvalue weighted by Crippen LogP contribution is -2.57. The zero-order valence-electron chi connectivity index (χ0n) is 21.6. The van der Waals surface area contributed by atoms with Crippen LogP contribution < -0.4 is 19.9 Å². The summed E-state index contributed by atoms with van der Waals surface area (Å²) in [6.45, 7) is -0.412. The van der Waals surface area contributed by atoms with Crippen molar-refractivity contribution >= 4 is 81.7 Å². The van der Waals surface area contributed by atoms with Gasteiger partial charge >= 0.3 is 6.03 Å². The molecule has 0 atom stereocenters. The van der Waals surface area contributed by atoms with Crippen molar-refractivity contribution in [3.8, 4) is 5.75 Å². The van der Waals surface area contributed by atoms with Crippen molar-refractivity contribution < 1.29 is 23.9 Å². The maximum absolute atomic E-state index is 13.7. The normalized spacial score (nSPS) is 13.3. The monoisotopic (exact) mass is 619 g/mol. The Bertz CT molecular complexity index is 1670. The molecule has 4 aromatic rings. The standard InChI is InChI=1S/C31H20Cl3N3O5/c32-20-11-14-27(42-18-28(38)35-21-12-13-25(33)26(34)17-21)19(15-20)16-24-29(39)36(22-7-3-1-4-8-22)31(41)37(30(24)40)23-9-5-2-6-10-23/h1-17H,18H2,(H,35,38).